The summed E-state index contributed by atoms with van der Waals surface area (Å²) in [5.41, 5.74) is 2.93. The number of likely N-dealkylation sites (N-methyl/N-ethyl adjacent to an activating group) is 1. The van der Waals surface area contributed by atoms with Crippen LogP contribution in [-0.2, 0) is 18.4 Å². The third-order valence-electron chi connectivity index (χ3n) is 3.54. The van der Waals surface area contributed by atoms with Gasteiger partial charge in [0.1, 0.15) is 0 Å². The van der Waals surface area contributed by atoms with Crippen LogP contribution >= 0.6 is 0 Å². The van der Waals surface area contributed by atoms with Crippen LogP contribution in [0.1, 0.15) is 5.69 Å². The first-order chi connectivity index (χ1) is 11.6. The fourth-order valence-electron chi connectivity index (χ4n) is 2.46. The summed E-state index contributed by atoms with van der Waals surface area (Å²) in [4.78, 5) is 13.9. The number of rotatable bonds is 6. The van der Waals surface area contributed by atoms with Crippen molar-refractivity contribution in [2.75, 3.05) is 18.9 Å². The number of nitrogens with zero attached hydrogens (tertiary/aromatic N) is 4. The van der Waals surface area contributed by atoms with Crippen molar-refractivity contribution >= 4 is 11.7 Å². The Bertz CT molecular complexity index is 807. The second-order valence-electron chi connectivity index (χ2n) is 5.74. The van der Waals surface area contributed by atoms with Crippen molar-refractivity contribution in [1.29, 1.82) is 0 Å². The predicted octanol–water partition coefficient (Wildman–Crippen LogP) is 1.88. The molecule has 0 spiro atoms. The molecule has 2 heterocycles. The standard InChI is InChI=1S/C17H20N6O/c1-22(12-17(24)18-16-8-9-23(2)21-16)11-14-10-15(20-19-14)13-6-4-3-5-7-13/h3-10H,11-12H2,1-2H3,(H,19,20)(H,18,21,24). The van der Waals surface area contributed by atoms with Crippen LogP contribution in [0.2, 0.25) is 0 Å². The van der Waals surface area contributed by atoms with E-state index in [-0.39, 0.29) is 12.5 Å². The second kappa shape index (κ2) is 7.10. The van der Waals surface area contributed by atoms with Crippen molar-refractivity contribution in [3.05, 3.63) is 54.4 Å². The first-order valence-electron chi connectivity index (χ1n) is 7.68. The molecular weight excluding hydrogens is 304 g/mol. The SMILES string of the molecule is CN(CC(=O)Nc1ccn(C)n1)Cc1cc(-c2ccccc2)n[nH]1. The van der Waals surface area contributed by atoms with E-state index in [1.807, 2.05) is 55.4 Å². The lowest BCUT2D eigenvalue weighted by atomic mass is 10.1. The van der Waals surface area contributed by atoms with E-state index in [1.54, 1.807) is 16.9 Å². The number of nitrogens with one attached hydrogen (secondary N) is 2. The molecule has 124 valence electrons. The van der Waals surface area contributed by atoms with Gasteiger partial charge in [0, 0.05) is 37.1 Å². The van der Waals surface area contributed by atoms with Crippen LogP contribution in [0.5, 0.6) is 0 Å². The van der Waals surface area contributed by atoms with Gasteiger partial charge in [-0.1, -0.05) is 30.3 Å². The maximum Gasteiger partial charge on any atom is 0.239 e. The molecule has 0 saturated carbocycles. The van der Waals surface area contributed by atoms with E-state index in [4.69, 9.17) is 0 Å². The van der Waals surface area contributed by atoms with Gasteiger partial charge in [0.15, 0.2) is 5.82 Å². The Kier molecular flexibility index (Phi) is 4.72. The molecule has 2 N–H and O–H groups in total. The summed E-state index contributed by atoms with van der Waals surface area (Å²) in [5.74, 6) is 0.461. The first-order valence-corrected chi connectivity index (χ1v) is 7.68. The van der Waals surface area contributed by atoms with Crippen LogP contribution in [0.25, 0.3) is 11.3 Å². The summed E-state index contributed by atoms with van der Waals surface area (Å²) < 4.78 is 1.65. The van der Waals surface area contributed by atoms with Crippen molar-refractivity contribution in [3.63, 3.8) is 0 Å². The number of carbonyl (C=O) groups excluding carboxylic acids is 1. The molecule has 0 aliphatic carbocycles. The number of anilines is 1. The van der Waals surface area contributed by atoms with E-state index < -0.39 is 0 Å². The Labute approximate surface area is 140 Å². The van der Waals surface area contributed by atoms with Crippen molar-refractivity contribution in [2.45, 2.75) is 6.54 Å². The molecule has 0 fully saturated rings. The molecule has 7 nitrogen and oxygen atoms in total. The van der Waals surface area contributed by atoms with Gasteiger partial charge >= 0.3 is 0 Å². The highest BCUT2D eigenvalue weighted by atomic mass is 16.2. The molecule has 3 rings (SSSR count). The highest BCUT2D eigenvalue weighted by Gasteiger charge is 2.11. The van der Waals surface area contributed by atoms with Gasteiger partial charge in [-0.25, -0.2) is 0 Å². The predicted molar refractivity (Wildman–Crippen MR) is 92.2 cm³/mol. The average Bonchev–Trinajstić information content (AvgIpc) is 3.17. The van der Waals surface area contributed by atoms with E-state index in [0.29, 0.717) is 12.4 Å². The molecule has 0 aliphatic heterocycles. The van der Waals surface area contributed by atoms with E-state index in [1.165, 1.54) is 0 Å². The van der Waals surface area contributed by atoms with E-state index in [9.17, 15) is 4.79 Å². The van der Waals surface area contributed by atoms with Gasteiger partial charge in [0.2, 0.25) is 5.91 Å². The molecule has 0 bridgehead atoms. The molecule has 7 heteroatoms. The van der Waals surface area contributed by atoms with Crippen LogP contribution < -0.4 is 5.32 Å². The summed E-state index contributed by atoms with van der Waals surface area (Å²) in [6.45, 7) is 0.881. The zero-order valence-electron chi connectivity index (χ0n) is 13.7. The number of H-pyrrole nitrogens is 1. The fraction of sp³-hybridized carbons (Fsp3) is 0.235. The van der Waals surface area contributed by atoms with Crippen LogP contribution in [0.4, 0.5) is 5.82 Å². The molecule has 24 heavy (non-hydrogen) atoms. The molecule has 3 aromatic rings. The van der Waals surface area contributed by atoms with Gasteiger partial charge in [-0.05, 0) is 13.1 Å². The third kappa shape index (κ3) is 4.08. The Morgan fingerprint density at radius 1 is 1.29 bits per heavy atom. The summed E-state index contributed by atoms with van der Waals surface area (Å²) in [6.07, 6.45) is 1.79. The van der Waals surface area contributed by atoms with Crippen LogP contribution in [0.15, 0.2) is 48.7 Å². The summed E-state index contributed by atoms with van der Waals surface area (Å²) in [7, 11) is 3.70. The summed E-state index contributed by atoms with van der Waals surface area (Å²) in [6, 6.07) is 13.7. The number of benzene rings is 1. The van der Waals surface area contributed by atoms with E-state index in [2.05, 4.69) is 20.6 Å². The zero-order chi connectivity index (χ0) is 16.9. The van der Waals surface area contributed by atoms with Crippen molar-refractivity contribution < 1.29 is 4.79 Å². The normalized spacial score (nSPS) is 11.0. The number of hydrogen-bond acceptors (Lipinski definition) is 4. The summed E-state index contributed by atoms with van der Waals surface area (Å²) in [5, 5.41) is 14.2. The molecular formula is C17H20N6O. The third-order valence-corrected chi connectivity index (χ3v) is 3.54. The molecule has 1 aromatic carbocycles. The van der Waals surface area contributed by atoms with Gasteiger partial charge in [-0.2, -0.15) is 10.2 Å². The van der Waals surface area contributed by atoms with Crippen LogP contribution in [0, 0.1) is 0 Å². The quantitative estimate of drug-likeness (QED) is 0.726. The largest absolute Gasteiger partial charge is 0.308 e. The molecule has 0 radical (unpaired) electrons. The number of amides is 1. The Morgan fingerprint density at radius 3 is 2.79 bits per heavy atom. The molecule has 0 atom stereocenters. The minimum absolute atomic E-state index is 0.0981. The topological polar surface area (TPSA) is 78.8 Å². The molecule has 0 saturated heterocycles. The van der Waals surface area contributed by atoms with Gasteiger partial charge in [-0.15, -0.1) is 0 Å². The monoisotopic (exact) mass is 324 g/mol. The lowest BCUT2D eigenvalue weighted by Gasteiger charge is -2.14. The Morgan fingerprint density at radius 2 is 2.08 bits per heavy atom. The Hall–Kier alpha value is -2.93. The van der Waals surface area contributed by atoms with Crippen LogP contribution in [0.3, 0.4) is 0 Å². The Balaban J connectivity index is 1.54. The highest BCUT2D eigenvalue weighted by molar-refractivity contribution is 5.91. The van der Waals surface area contributed by atoms with Gasteiger partial charge in [-0.3, -0.25) is 19.5 Å². The number of hydrogen-bond donors (Lipinski definition) is 2. The number of carbonyl (C=O) groups is 1. The minimum atomic E-state index is -0.0981. The molecule has 0 unspecified atom stereocenters. The number of aromatic nitrogens is 4. The fourth-order valence-corrected chi connectivity index (χ4v) is 2.46. The first kappa shape index (κ1) is 15.9. The molecule has 1 amide bonds. The smallest absolute Gasteiger partial charge is 0.239 e. The van der Waals surface area contributed by atoms with Gasteiger partial charge < -0.3 is 5.32 Å². The van der Waals surface area contributed by atoms with Crippen molar-refractivity contribution in [2.24, 2.45) is 7.05 Å². The molecule has 2 aromatic heterocycles. The van der Waals surface area contributed by atoms with Crippen molar-refractivity contribution in [3.8, 4) is 11.3 Å². The maximum atomic E-state index is 12.0. The van der Waals surface area contributed by atoms with E-state index in [0.717, 1.165) is 17.0 Å². The highest BCUT2D eigenvalue weighted by Crippen LogP contribution is 2.17. The van der Waals surface area contributed by atoms with Crippen LogP contribution in [-0.4, -0.2) is 44.4 Å². The second-order valence-corrected chi connectivity index (χ2v) is 5.74. The lowest BCUT2D eigenvalue weighted by molar-refractivity contribution is -0.117. The summed E-state index contributed by atoms with van der Waals surface area (Å²) >= 11 is 0. The molecule has 0 aliphatic rings. The number of aryl methyl sites for hydroxylation is 1. The average molecular weight is 324 g/mol. The van der Waals surface area contributed by atoms with Gasteiger partial charge in [0.05, 0.1) is 12.2 Å². The minimum Gasteiger partial charge on any atom is -0.308 e. The van der Waals surface area contributed by atoms with E-state index >= 15 is 0 Å². The van der Waals surface area contributed by atoms with Gasteiger partial charge in [0.25, 0.3) is 0 Å². The van der Waals surface area contributed by atoms with Crippen molar-refractivity contribution in [1.82, 2.24) is 24.9 Å². The number of aromatic amines is 1. The maximum absolute atomic E-state index is 12.0. The zero-order valence-corrected chi connectivity index (χ0v) is 13.7. The lowest BCUT2D eigenvalue weighted by Crippen LogP contribution is -2.30.